The van der Waals surface area contributed by atoms with Crippen LogP contribution in [0.25, 0.3) is 0 Å². The van der Waals surface area contributed by atoms with Gasteiger partial charge in [0.2, 0.25) is 11.8 Å². The van der Waals surface area contributed by atoms with Crippen molar-refractivity contribution in [2.75, 3.05) is 0 Å². The van der Waals surface area contributed by atoms with Crippen LogP contribution >= 0.6 is 0 Å². The van der Waals surface area contributed by atoms with E-state index in [0.29, 0.717) is 6.42 Å². The molecule has 10 heteroatoms. The molecule has 0 heterocycles. The van der Waals surface area contributed by atoms with Gasteiger partial charge in [-0.2, -0.15) is 0 Å². The molecule has 1 unspecified atom stereocenters. The van der Waals surface area contributed by atoms with Gasteiger partial charge in [0.25, 0.3) is 0 Å². The maximum absolute atomic E-state index is 12.9. The van der Waals surface area contributed by atoms with Crippen LogP contribution in [0.5, 0.6) is 0 Å². The summed E-state index contributed by atoms with van der Waals surface area (Å²) < 4.78 is 10.7. The van der Waals surface area contributed by atoms with Gasteiger partial charge in [-0.1, -0.05) is 119 Å². The van der Waals surface area contributed by atoms with Crippen LogP contribution in [0.2, 0.25) is 0 Å². The van der Waals surface area contributed by atoms with Crippen molar-refractivity contribution in [3.8, 4) is 0 Å². The molecule has 252 valence electrons. The van der Waals surface area contributed by atoms with Crippen molar-refractivity contribution in [3.63, 3.8) is 0 Å². The van der Waals surface area contributed by atoms with Crippen molar-refractivity contribution >= 4 is 29.7 Å². The van der Waals surface area contributed by atoms with Crippen LogP contribution in [0.4, 0.5) is 0 Å². The van der Waals surface area contributed by atoms with Gasteiger partial charge in [-0.15, -0.1) is 0 Å². The number of carbonyl (C=O) groups excluding carboxylic acids is 4. The Morgan fingerprint density at radius 2 is 1.09 bits per heavy atom. The summed E-state index contributed by atoms with van der Waals surface area (Å²) in [6, 6.07) is 15.8. The van der Waals surface area contributed by atoms with Crippen molar-refractivity contribution in [1.82, 2.24) is 10.6 Å². The predicted molar refractivity (Wildman–Crippen MR) is 174 cm³/mol. The molecule has 0 radical (unpaired) electrons. The van der Waals surface area contributed by atoms with E-state index in [1.807, 2.05) is 36.4 Å². The van der Waals surface area contributed by atoms with E-state index in [0.717, 1.165) is 30.4 Å². The number of aliphatic carboxylic acids is 1. The summed E-state index contributed by atoms with van der Waals surface area (Å²) in [6.07, 6.45) is 9.53. The summed E-state index contributed by atoms with van der Waals surface area (Å²) in [7, 11) is 0. The van der Waals surface area contributed by atoms with Crippen molar-refractivity contribution in [3.05, 3.63) is 71.8 Å². The van der Waals surface area contributed by atoms with Gasteiger partial charge >= 0.3 is 17.9 Å². The van der Waals surface area contributed by atoms with Crippen molar-refractivity contribution in [2.45, 2.75) is 122 Å². The summed E-state index contributed by atoms with van der Waals surface area (Å²) >= 11 is 0. The highest BCUT2D eigenvalue weighted by molar-refractivity contribution is 5.86. The molecule has 0 saturated heterocycles. The molecule has 2 aromatic rings. The van der Waals surface area contributed by atoms with Gasteiger partial charge in [-0.05, 0) is 30.4 Å². The number of ether oxygens (including phenoxy) is 2. The molecular weight excluding hydrogens is 588 g/mol. The summed E-state index contributed by atoms with van der Waals surface area (Å²) in [5.41, 5.74) is 1.57. The molecule has 0 aromatic heterocycles. The van der Waals surface area contributed by atoms with Gasteiger partial charge < -0.3 is 25.2 Å². The summed E-state index contributed by atoms with van der Waals surface area (Å²) in [5, 5.41) is 14.7. The highest BCUT2D eigenvalue weighted by Gasteiger charge is 2.26. The van der Waals surface area contributed by atoms with E-state index in [1.165, 1.54) is 32.1 Å². The predicted octanol–water partition coefficient (Wildman–Crippen LogP) is 6.01. The molecule has 0 fully saturated rings. The lowest BCUT2D eigenvalue weighted by Crippen LogP contribution is -2.44. The number of carbonyl (C=O) groups is 5. The second-order valence-corrected chi connectivity index (χ2v) is 11.5. The number of benzene rings is 2. The minimum Gasteiger partial charge on any atom is -0.480 e. The van der Waals surface area contributed by atoms with Gasteiger partial charge in [-0.3, -0.25) is 14.4 Å². The highest BCUT2D eigenvalue weighted by Crippen LogP contribution is 2.12. The quantitative estimate of drug-likeness (QED) is 0.0936. The molecule has 2 rings (SSSR count). The van der Waals surface area contributed by atoms with E-state index in [-0.39, 0.29) is 51.2 Å². The summed E-state index contributed by atoms with van der Waals surface area (Å²) in [6.45, 7) is 2.25. The van der Waals surface area contributed by atoms with Gasteiger partial charge in [0.05, 0.1) is 0 Å². The van der Waals surface area contributed by atoms with E-state index in [2.05, 4.69) is 17.6 Å². The van der Waals surface area contributed by atoms with Crippen LogP contribution in [0, 0.1) is 0 Å². The average molecular weight is 639 g/mol. The maximum atomic E-state index is 12.9. The molecule has 0 spiro atoms. The van der Waals surface area contributed by atoms with E-state index < -0.39 is 35.9 Å². The third kappa shape index (κ3) is 17.3. The zero-order valence-electron chi connectivity index (χ0n) is 27.0. The third-order valence-electron chi connectivity index (χ3n) is 7.52. The normalized spacial score (nSPS) is 12.0. The number of carboxylic acid groups (broad SMARTS) is 1. The SMILES string of the molecule is CCCCCCCCCCCC(=O)N[C@@H](CCC(=O)NC(CCC(=O)OCc1ccccc1)C(=O)OCc1ccccc1)C(=O)O. The number of hydrogen-bond donors (Lipinski definition) is 3. The molecule has 46 heavy (non-hydrogen) atoms. The van der Waals surface area contributed by atoms with Crippen molar-refractivity contribution in [1.29, 1.82) is 0 Å². The van der Waals surface area contributed by atoms with E-state index >= 15 is 0 Å². The van der Waals surface area contributed by atoms with E-state index in [9.17, 15) is 29.1 Å². The Hall–Kier alpha value is -4.21. The molecule has 2 atom stereocenters. The second-order valence-electron chi connectivity index (χ2n) is 11.5. The number of esters is 2. The minimum absolute atomic E-state index is 0.0173. The van der Waals surface area contributed by atoms with Crippen LogP contribution in [0.3, 0.4) is 0 Å². The average Bonchev–Trinajstić information content (AvgIpc) is 3.06. The number of carboxylic acids is 1. The maximum Gasteiger partial charge on any atom is 0.328 e. The first-order chi connectivity index (χ1) is 22.3. The lowest BCUT2D eigenvalue weighted by molar-refractivity contribution is -0.151. The Morgan fingerprint density at radius 3 is 1.65 bits per heavy atom. The lowest BCUT2D eigenvalue weighted by atomic mass is 10.1. The molecule has 0 bridgehead atoms. The van der Waals surface area contributed by atoms with Crippen LogP contribution in [0.1, 0.15) is 108 Å². The topological polar surface area (TPSA) is 148 Å². The molecule has 2 aromatic carbocycles. The van der Waals surface area contributed by atoms with Crippen molar-refractivity contribution in [2.24, 2.45) is 0 Å². The molecule has 0 aliphatic heterocycles. The first kappa shape index (κ1) is 38.0. The number of amides is 2. The fourth-order valence-electron chi connectivity index (χ4n) is 4.81. The molecule has 3 N–H and O–H groups in total. The van der Waals surface area contributed by atoms with Gasteiger partial charge in [-0.25, -0.2) is 9.59 Å². The minimum atomic E-state index is -1.24. The van der Waals surface area contributed by atoms with E-state index in [4.69, 9.17) is 9.47 Å². The first-order valence-corrected chi connectivity index (χ1v) is 16.5. The van der Waals surface area contributed by atoms with Crippen LogP contribution in [0.15, 0.2) is 60.7 Å². The Morgan fingerprint density at radius 1 is 0.609 bits per heavy atom. The standard InChI is InChI=1S/C36H50N2O8/c1-2-3-4-5-6-7-8-9-16-21-32(39)37-30(35(42)43)22-24-33(40)38-31(36(44)46-27-29-19-14-11-15-20-29)23-25-34(41)45-26-28-17-12-10-13-18-28/h10-15,17-20,30-31H,2-9,16,21-27H2,1H3,(H,37,39)(H,38,40)(H,42,43)/t30-,31?/m0/s1. The molecule has 0 saturated carbocycles. The number of unbranched alkanes of at least 4 members (excludes halogenated alkanes) is 8. The number of rotatable bonds is 24. The lowest BCUT2D eigenvalue weighted by Gasteiger charge is -2.19. The molecule has 0 aliphatic carbocycles. The first-order valence-electron chi connectivity index (χ1n) is 16.5. The fraction of sp³-hybridized carbons (Fsp3) is 0.528. The van der Waals surface area contributed by atoms with Crippen LogP contribution in [-0.2, 0) is 46.7 Å². The van der Waals surface area contributed by atoms with E-state index in [1.54, 1.807) is 24.3 Å². The molecule has 2 amide bonds. The molecule has 0 aliphatic rings. The fourth-order valence-corrected chi connectivity index (χ4v) is 4.81. The smallest absolute Gasteiger partial charge is 0.328 e. The van der Waals surface area contributed by atoms with Crippen molar-refractivity contribution < 1.29 is 38.6 Å². The monoisotopic (exact) mass is 638 g/mol. The van der Waals surface area contributed by atoms with Gasteiger partial charge in [0.15, 0.2) is 0 Å². The Labute approximate surface area is 272 Å². The van der Waals surface area contributed by atoms with Crippen LogP contribution in [-0.4, -0.2) is 46.9 Å². The summed E-state index contributed by atoms with van der Waals surface area (Å²) in [4.78, 5) is 62.3. The zero-order chi connectivity index (χ0) is 33.4. The Bertz CT molecular complexity index is 1190. The number of nitrogens with one attached hydrogen (secondary N) is 2. The van der Waals surface area contributed by atoms with Crippen LogP contribution < -0.4 is 10.6 Å². The Kier molecular flexibility index (Phi) is 19.1. The van der Waals surface area contributed by atoms with Gasteiger partial charge in [0, 0.05) is 19.3 Å². The molecule has 10 nitrogen and oxygen atoms in total. The largest absolute Gasteiger partial charge is 0.480 e. The highest BCUT2D eigenvalue weighted by atomic mass is 16.5. The zero-order valence-corrected chi connectivity index (χ0v) is 27.0. The third-order valence-corrected chi connectivity index (χ3v) is 7.52. The summed E-state index contributed by atoms with van der Waals surface area (Å²) in [5.74, 6) is -3.48. The number of hydrogen-bond acceptors (Lipinski definition) is 7. The second kappa shape index (κ2) is 23.2. The molecular formula is C36H50N2O8. The van der Waals surface area contributed by atoms with Gasteiger partial charge in [0.1, 0.15) is 25.3 Å². The Balaban J connectivity index is 1.82.